The van der Waals surface area contributed by atoms with Gasteiger partial charge in [-0.15, -0.1) is 0 Å². The molecule has 0 aromatic carbocycles. The number of hydrogen-bond donors (Lipinski definition) is 3. The first-order valence-corrected chi connectivity index (χ1v) is 11.0. The van der Waals surface area contributed by atoms with Crippen LogP contribution in [-0.4, -0.2) is 68.3 Å². The Morgan fingerprint density at radius 2 is 2.09 bits per heavy atom. The summed E-state index contributed by atoms with van der Waals surface area (Å²) in [7, 11) is 0. The van der Waals surface area contributed by atoms with Crippen LogP contribution in [0.5, 0.6) is 0 Å². The number of carbonyl (C=O) groups is 1. The Labute approximate surface area is 195 Å². The van der Waals surface area contributed by atoms with Gasteiger partial charge >= 0.3 is 0 Å². The van der Waals surface area contributed by atoms with E-state index < -0.39 is 17.7 Å². The van der Waals surface area contributed by atoms with E-state index in [0.717, 1.165) is 12.8 Å². The van der Waals surface area contributed by atoms with Gasteiger partial charge in [-0.1, -0.05) is 0 Å². The van der Waals surface area contributed by atoms with E-state index in [1.165, 1.54) is 30.9 Å². The molecule has 3 aromatic heterocycles. The van der Waals surface area contributed by atoms with Crippen LogP contribution >= 0.6 is 0 Å². The molecule has 0 spiro atoms. The number of rotatable bonds is 7. The van der Waals surface area contributed by atoms with E-state index in [4.69, 9.17) is 10.00 Å². The smallest absolute Gasteiger partial charge is 0.255 e. The zero-order chi connectivity index (χ0) is 24.3. The largest absolute Gasteiger partial charge is 0.387 e. The molecule has 1 atom stereocenters. The number of ether oxygens (including phenoxy) is 1. The Hall–Kier alpha value is -3.62. The molecule has 178 valence electrons. The lowest BCUT2D eigenvalue weighted by Gasteiger charge is -2.26. The molecule has 0 radical (unpaired) electrons. The maximum atomic E-state index is 14.2. The third-order valence-corrected chi connectivity index (χ3v) is 5.68. The minimum atomic E-state index is -1.63. The van der Waals surface area contributed by atoms with Crippen LogP contribution in [0.15, 0.2) is 30.7 Å². The van der Waals surface area contributed by atoms with Gasteiger partial charge in [-0.05, 0) is 32.8 Å². The summed E-state index contributed by atoms with van der Waals surface area (Å²) in [6, 6.07) is 5.52. The Morgan fingerprint density at radius 1 is 1.32 bits per heavy atom. The number of carbonyl (C=O) groups excluding carboxylic acids is 1. The van der Waals surface area contributed by atoms with Gasteiger partial charge in [-0.25, -0.2) is 14.4 Å². The Morgan fingerprint density at radius 3 is 2.79 bits per heavy atom. The zero-order valence-corrected chi connectivity index (χ0v) is 19.0. The Bertz CT molecular complexity index is 1230. The number of nitrogens with one attached hydrogen (secondary N) is 2. The van der Waals surface area contributed by atoms with E-state index in [2.05, 4.69) is 25.7 Å². The number of nitriles is 1. The van der Waals surface area contributed by atoms with Crippen molar-refractivity contribution >= 4 is 22.6 Å². The molecule has 34 heavy (non-hydrogen) atoms. The minimum Gasteiger partial charge on any atom is -0.387 e. The normalized spacial score (nSPS) is 15.6. The van der Waals surface area contributed by atoms with Gasteiger partial charge in [-0.3, -0.25) is 4.79 Å². The van der Waals surface area contributed by atoms with Crippen molar-refractivity contribution in [3.63, 3.8) is 0 Å². The van der Waals surface area contributed by atoms with Crippen LogP contribution in [0.25, 0.3) is 16.9 Å². The molecule has 1 aliphatic heterocycles. The first-order valence-electron chi connectivity index (χ1n) is 11.0. The molecule has 3 N–H and O–H groups in total. The summed E-state index contributed by atoms with van der Waals surface area (Å²) in [6.07, 6.45) is 4.37. The van der Waals surface area contributed by atoms with E-state index in [1.54, 1.807) is 18.3 Å². The van der Waals surface area contributed by atoms with Gasteiger partial charge in [0.05, 0.1) is 35.2 Å². The van der Waals surface area contributed by atoms with Crippen molar-refractivity contribution in [2.24, 2.45) is 0 Å². The van der Waals surface area contributed by atoms with Gasteiger partial charge in [0.2, 0.25) is 0 Å². The molecule has 4 rings (SSSR count). The van der Waals surface area contributed by atoms with Crippen LogP contribution in [0.4, 0.5) is 10.1 Å². The van der Waals surface area contributed by atoms with Crippen molar-refractivity contribution in [2.75, 3.05) is 25.1 Å². The lowest BCUT2D eigenvalue weighted by atomic mass is 10.0. The summed E-state index contributed by atoms with van der Waals surface area (Å²) in [5.74, 6) is -0.0826. The second-order valence-corrected chi connectivity index (χ2v) is 8.76. The van der Waals surface area contributed by atoms with Crippen LogP contribution in [0.1, 0.15) is 42.6 Å². The van der Waals surface area contributed by atoms with E-state index in [1.807, 2.05) is 6.07 Å². The highest BCUT2D eigenvalue weighted by atomic mass is 19.1. The summed E-state index contributed by atoms with van der Waals surface area (Å²) < 4.78 is 21.1. The van der Waals surface area contributed by atoms with Gasteiger partial charge in [0.15, 0.2) is 11.5 Å². The van der Waals surface area contributed by atoms with Crippen LogP contribution in [0, 0.1) is 11.3 Å². The number of pyridine rings is 2. The molecular formula is C23H26FN7O3. The van der Waals surface area contributed by atoms with E-state index in [-0.39, 0.29) is 18.2 Å². The Kier molecular flexibility index (Phi) is 6.72. The second-order valence-electron chi connectivity index (χ2n) is 8.76. The molecule has 4 heterocycles. The highest BCUT2D eigenvalue weighted by Crippen LogP contribution is 2.24. The molecule has 0 unspecified atom stereocenters. The number of aliphatic hydroxyl groups is 1. The van der Waals surface area contributed by atoms with Crippen molar-refractivity contribution in [1.82, 2.24) is 25.1 Å². The zero-order valence-electron chi connectivity index (χ0n) is 19.0. The molecule has 0 bridgehead atoms. The fraction of sp³-hybridized carbons (Fsp3) is 0.435. The SMILES string of the molecule is CC(C)(O)[C@H](F)CNC(=O)c1cnc(-n2ncc3cc(C#N)cnc32)cc1NC1CCOCC1. The molecule has 1 fully saturated rings. The van der Waals surface area contributed by atoms with Crippen LogP contribution in [-0.2, 0) is 4.74 Å². The number of alkyl halides is 1. The monoisotopic (exact) mass is 467 g/mol. The molecule has 3 aromatic rings. The third-order valence-electron chi connectivity index (χ3n) is 5.68. The second kappa shape index (κ2) is 9.70. The van der Waals surface area contributed by atoms with Gasteiger partial charge in [0.1, 0.15) is 12.2 Å². The predicted molar refractivity (Wildman–Crippen MR) is 122 cm³/mol. The highest BCUT2D eigenvalue weighted by molar-refractivity contribution is 5.99. The van der Waals surface area contributed by atoms with Crippen molar-refractivity contribution in [1.29, 1.82) is 5.26 Å². The average Bonchev–Trinajstić information content (AvgIpc) is 3.25. The van der Waals surface area contributed by atoms with Gasteiger partial charge in [0, 0.05) is 43.1 Å². The number of nitrogens with zero attached hydrogens (tertiary/aromatic N) is 5. The average molecular weight is 468 g/mol. The fourth-order valence-electron chi connectivity index (χ4n) is 3.60. The number of fused-ring (bicyclic) bond motifs is 1. The molecule has 10 nitrogen and oxygen atoms in total. The van der Waals surface area contributed by atoms with E-state index in [9.17, 15) is 14.3 Å². The van der Waals surface area contributed by atoms with Gasteiger partial charge in [-0.2, -0.15) is 15.0 Å². The highest BCUT2D eigenvalue weighted by Gasteiger charge is 2.27. The lowest BCUT2D eigenvalue weighted by Crippen LogP contribution is -2.42. The standard InChI is InChI=1S/C23H26FN7O3/c1-23(2,33)19(24)13-28-22(32)17-12-26-20(8-18(17)30-16-3-5-34-6-4-16)31-21-15(11-29-31)7-14(9-25)10-27-21/h7-8,10-12,16,19,33H,3-6,13H2,1-2H3,(H,26,30)(H,28,32)/t19-/m1/s1. The fourth-order valence-corrected chi connectivity index (χ4v) is 3.60. The van der Waals surface area contributed by atoms with Gasteiger partial charge in [0.25, 0.3) is 5.91 Å². The topological polar surface area (TPSA) is 138 Å². The molecule has 1 amide bonds. The number of anilines is 1. The summed E-state index contributed by atoms with van der Waals surface area (Å²) in [5, 5.41) is 29.9. The number of amides is 1. The third kappa shape index (κ3) is 5.13. The molecule has 0 aliphatic carbocycles. The molecule has 11 heteroatoms. The maximum absolute atomic E-state index is 14.2. The van der Waals surface area contributed by atoms with Crippen LogP contribution in [0.2, 0.25) is 0 Å². The van der Waals surface area contributed by atoms with E-state index >= 15 is 0 Å². The molecule has 1 saturated heterocycles. The van der Waals surface area contributed by atoms with Crippen LogP contribution < -0.4 is 10.6 Å². The van der Waals surface area contributed by atoms with Crippen molar-refractivity contribution in [3.05, 3.63) is 41.9 Å². The first kappa shape index (κ1) is 23.5. The molecule has 0 saturated carbocycles. The van der Waals surface area contributed by atoms with Crippen molar-refractivity contribution < 1.29 is 19.0 Å². The summed E-state index contributed by atoms with van der Waals surface area (Å²) in [4.78, 5) is 21.6. The maximum Gasteiger partial charge on any atom is 0.255 e. The first-order chi connectivity index (χ1) is 16.3. The number of hydrogen-bond acceptors (Lipinski definition) is 8. The predicted octanol–water partition coefficient (Wildman–Crippen LogP) is 2.12. The van der Waals surface area contributed by atoms with Crippen molar-refractivity contribution in [3.8, 4) is 11.9 Å². The number of aromatic nitrogens is 4. The molecular weight excluding hydrogens is 441 g/mol. The lowest BCUT2D eigenvalue weighted by molar-refractivity contribution is -0.00177. The number of halogens is 1. The summed E-state index contributed by atoms with van der Waals surface area (Å²) >= 11 is 0. The Balaban J connectivity index is 1.65. The van der Waals surface area contributed by atoms with Crippen molar-refractivity contribution in [2.45, 2.75) is 44.5 Å². The quantitative estimate of drug-likeness (QED) is 0.480. The van der Waals surface area contributed by atoms with E-state index in [0.29, 0.717) is 41.3 Å². The van der Waals surface area contributed by atoms with Crippen LogP contribution in [0.3, 0.4) is 0 Å². The minimum absolute atomic E-state index is 0.0894. The summed E-state index contributed by atoms with van der Waals surface area (Å²) in [6.45, 7) is 3.58. The van der Waals surface area contributed by atoms with Gasteiger partial charge < -0.3 is 20.5 Å². The molecule has 1 aliphatic rings. The summed E-state index contributed by atoms with van der Waals surface area (Å²) in [5.41, 5.74) is 0.134.